The summed E-state index contributed by atoms with van der Waals surface area (Å²) in [6.07, 6.45) is 2.96. The molecule has 0 aliphatic carbocycles. The van der Waals surface area contributed by atoms with Crippen molar-refractivity contribution < 1.29 is 4.79 Å². The van der Waals surface area contributed by atoms with Crippen LogP contribution in [0.5, 0.6) is 0 Å². The number of hydrogen-bond acceptors (Lipinski definition) is 2. The molecule has 4 nitrogen and oxygen atoms in total. The fraction of sp³-hybridized carbons (Fsp3) is 0.263. The summed E-state index contributed by atoms with van der Waals surface area (Å²) >= 11 is 5.69. The monoisotopic (exact) mass is 341 g/mol. The number of halogens is 1. The molecule has 0 atom stereocenters. The van der Waals surface area contributed by atoms with Gasteiger partial charge < -0.3 is 5.32 Å². The number of aromatic nitrogens is 2. The molecule has 3 aromatic rings. The average Bonchev–Trinajstić information content (AvgIpc) is 2.91. The number of benzene rings is 1. The maximum atomic E-state index is 12.2. The molecular formula is C19H20ClN3O. The lowest BCUT2D eigenvalue weighted by Gasteiger charge is -2.08. The Bertz CT molecular complexity index is 865. The van der Waals surface area contributed by atoms with Crippen molar-refractivity contribution in [2.24, 2.45) is 0 Å². The summed E-state index contributed by atoms with van der Waals surface area (Å²) in [7, 11) is 0. The Labute approximate surface area is 146 Å². The Morgan fingerprint density at radius 3 is 2.67 bits per heavy atom. The zero-order valence-corrected chi connectivity index (χ0v) is 14.6. The van der Waals surface area contributed by atoms with E-state index in [1.165, 1.54) is 11.1 Å². The van der Waals surface area contributed by atoms with Gasteiger partial charge in [0.05, 0.1) is 0 Å². The first-order valence-corrected chi connectivity index (χ1v) is 8.53. The number of hydrogen-bond donors (Lipinski definition) is 1. The first-order valence-electron chi connectivity index (χ1n) is 8.00. The molecule has 24 heavy (non-hydrogen) atoms. The molecule has 1 amide bonds. The molecule has 5 heteroatoms. The van der Waals surface area contributed by atoms with Crippen LogP contribution in [0.25, 0.3) is 16.9 Å². The predicted octanol–water partition coefficient (Wildman–Crippen LogP) is 4.58. The van der Waals surface area contributed by atoms with Crippen LogP contribution in [0.3, 0.4) is 0 Å². The van der Waals surface area contributed by atoms with Crippen molar-refractivity contribution in [3.63, 3.8) is 0 Å². The summed E-state index contributed by atoms with van der Waals surface area (Å²) in [6, 6.07) is 12.1. The van der Waals surface area contributed by atoms with Crippen molar-refractivity contribution in [1.82, 2.24) is 9.38 Å². The summed E-state index contributed by atoms with van der Waals surface area (Å²) < 4.78 is 1.91. The number of imidazole rings is 1. The van der Waals surface area contributed by atoms with Gasteiger partial charge in [0, 0.05) is 24.1 Å². The van der Waals surface area contributed by atoms with Gasteiger partial charge in [-0.2, -0.15) is 0 Å². The molecule has 1 aromatic carbocycles. The SMILES string of the molecule is Cc1cc(C)cc(-c2nc3ccccn3c2NC(=O)CCCCl)c1. The number of anilines is 1. The van der Waals surface area contributed by atoms with Crippen LogP contribution in [0.15, 0.2) is 42.6 Å². The van der Waals surface area contributed by atoms with Crippen LogP contribution in [0.2, 0.25) is 0 Å². The number of aryl methyl sites for hydroxylation is 2. The van der Waals surface area contributed by atoms with E-state index >= 15 is 0 Å². The van der Waals surface area contributed by atoms with Gasteiger partial charge >= 0.3 is 0 Å². The second kappa shape index (κ2) is 7.05. The molecule has 0 spiro atoms. The molecule has 2 heterocycles. The fourth-order valence-corrected chi connectivity index (χ4v) is 2.98. The number of fused-ring (bicyclic) bond motifs is 1. The molecule has 0 aliphatic heterocycles. The van der Waals surface area contributed by atoms with Crippen LogP contribution < -0.4 is 5.32 Å². The van der Waals surface area contributed by atoms with Crippen molar-refractivity contribution in [2.75, 3.05) is 11.2 Å². The van der Waals surface area contributed by atoms with Gasteiger partial charge in [-0.1, -0.05) is 23.3 Å². The van der Waals surface area contributed by atoms with Crippen LogP contribution >= 0.6 is 11.6 Å². The van der Waals surface area contributed by atoms with Crippen LogP contribution in [-0.2, 0) is 4.79 Å². The van der Waals surface area contributed by atoms with E-state index in [4.69, 9.17) is 16.6 Å². The van der Waals surface area contributed by atoms with Gasteiger partial charge in [0.15, 0.2) is 0 Å². The molecule has 0 bridgehead atoms. The average molecular weight is 342 g/mol. The van der Waals surface area contributed by atoms with Gasteiger partial charge in [0.25, 0.3) is 0 Å². The van der Waals surface area contributed by atoms with Crippen LogP contribution in [0.1, 0.15) is 24.0 Å². The van der Waals surface area contributed by atoms with Gasteiger partial charge in [-0.15, -0.1) is 11.6 Å². The van der Waals surface area contributed by atoms with Crippen LogP contribution in [-0.4, -0.2) is 21.2 Å². The smallest absolute Gasteiger partial charge is 0.225 e. The first-order chi connectivity index (χ1) is 11.6. The summed E-state index contributed by atoms with van der Waals surface area (Å²) in [5.41, 5.74) is 4.93. The van der Waals surface area contributed by atoms with E-state index < -0.39 is 0 Å². The highest BCUT2D eigenvalue weighted by molar-refractivity contribution is 6.18. The van der Waals surface area contributed by atoms with E-state index in [0.29, 0.717) is 24.5 Å². The highest BCUT2D eigenvalue weighted by Crippen LogP contribution is 2.30. The highest BCUT2D eigenvalue weighted by atomic mass is 35.5. The topological polar surface area (TPSA) is 46.4 Å². The number of carbonyl (C=O) groups excluding carboxylic acids is 1. The van der Waals surface area contributed by atoms with Crippen molar-refractivity contribution in [3.8, 4) is 11.3 Å². The van der Waals surface area contributed by atoms with E-state index in [1.807, 2.05) is 28.8 Å². The zero-order valence-electron chi connectivity index (χ0n) is 13.8. The summed E-state index contributed by atoms with van der Waals surface area (Å²) in [5.74, 6) is 1.13. The van der Waals surface area contributed by atoms with Crippen LogP contribution in [0, 0.1) is 13.8 Å². The van der Waals surface area contributed by atoms with Gasteiger partial charge in [0.2, 0.25) is 5.91 Å². The third kappa shape index (κ3) is 3.44. The number of alkyl halides is 1. The second-order valence-corrected chi connectivity index (χ2v) is 6.33. The standard InChI is InChI=1S/C19H20ClN3O/c1-13-10-14(2)12-15(11-13)18-19(22-17(24)7-5-8-20)23-9-4-3-6-16(23)21-18/h3-4,6,9-12H,5,7-8H2,1-2H3,(H,22,24). The van der Waals surface area contributed by atoms with Gasteiger partial charge in [-0.3, -0.25) is 9.20 Å². The molecule has 0 unspecified atom stereocenters. The quantitative estimate of drug-likeness (QED) is 0.691. The van der Waals surface area contributed by atoms with E-state index in [2.05, 4.69) is 37.4 Å². The lowest BCUT2D eigenvalue weighted by molar-refractivity contribution is -0.116. The number of amides is 1. The number of carbonyl (C=O) groups is 1. The van der Waals surface area contributed by atoms with Crippen molar-refractivity contribution in [3.05, 3.63) is 53.7 Å². The molecule has 2 aromatic heterocycles. The van der Waals surface area contributed by atoms with Gasteiger partial charge in [-0.25, -0.2) is 4.98 Å². The van der Waals surface area contributed by atoms with E-state index in [9.17, 15) is 4.79 Å². The van der Waals surface area contributed by atoms with E-state index in [-0.39, 0.29) is 5.91 Å². The molecule has 0 saturated heterocycles. The first kappa shape index (κ1) is 16.5. The molecule has 124 valence electrons. The molecule has 0 radical (unpaired) electrons. The lowest BCUT2D eigenvalue weighted by atomic mass is 10.0. The van der Waals surface area contributed by atoms with Crippen LogP contribution in [0.4, 0.5) is 5.82 Å². The van der Waals surface area contributed by atoms with Crippen molar-refractivity contribution in [2.45, 2.75) is 26.7 Å². The van der Waals surface area contributed by atoms with Crippen molar-refractivity contribution in [1.29, 1.82) is 0 Å². The summed E-state index contributed by atoms with van der Waals surface area (Å²) in [6.45, 7) is 4.12. The van der Waals surface area contributed by atoms with Gasteiger partial charge in [-0.05, 0) is 44.5 Å². The molecule has 0 aliphatic rings. The third-order valence-electron chi connectivity index (χ3n) is 3.82. The summed E-state index contributed by atoms with van der Waals surface area (Å²) in [4.78, 5) is 16.9. The number of rotatable bonds is 5. The zero-order chi connectivity index (χ0) is 17.1. The Morgan fingerprint density at radius 1 is 1.21 bits per heavy atom. The molecular weight excluding hydrogens is 322 g/mol. The van der Waals surface area contributed by atoms with Gasteiger partial charge in [0.1, 0.15) is 17.2 Å². The normalized spacial score (nSPS) is 11.0. The Hall–Kier alpha value is -2.33. The predicted molar refractivity (Wildman–Crippen MR) is 98.7 cm³/mol. The molecule has 0 saturated carbocycles. The largest absolute Gasteiger partial charge is 0.310 e. The number of pyridine rings is 1. The van der Waals surface area contributed by atoms with E-state index in [0.717, 1.165) is 16.9 Å². The third-order valence-corrected chi connectivity index (χ3v) is 4.09. The Balaban J connectivity index is 2.09. The molecule has 3 rings (SSSR count). The highest BCUT2D eigenvalue weighted by Gasteiger charge is 2.16. The number of nitrogens with one attached hydrogen (secondary N) is 1. The minimum Gasteiger partial charge on any atom is -0.310 e. The number of nitrogens with zero attached hydrogens (tertiary/aromatic N) is 2. The Morgan fingerprint density at radius 2 is 1.96 bits per heavy atom. The maximum absolute atomic E-state index is 12.2. The van der Waals surface area contributed by atoms with E-state index in [1.54, 1.807) is 0 Å². The minimum absolute atomic E-state index is 0.0491. The summed E-state index contributed by atoms with van der Waals surface area (Å²) in [5, 5.41) is 3.01. The lowest BCUT2D eigenvalue weighted by Crippen LogP contribution is -2.13. The fourth-order valence-electron chi connectivity index (χ4n) is 2.85. The van der Waals surface area contributed by atoms with Crippen molar-refractivity contribution >= 4 is 29.0 Å². The molecule has 0 fully saturated rings. The minimum atomic E-state index is -0.0491. The maximum Gasteiger partial charge on any atom is 0.225 e. The second-order valence-electron chi connectivity index (χ2n) is 5.95. The molecule has 1 N–H and O–H groups in total. The Kier molecular flexibility index (Phi) is 4.86.